The maximum Gasteiger partial charge on any atom is 0.264 e. The Morgan fingerprint density at radius 1 is 0.967 bits per heavy atom. The van der Waals surface area contributed by atoms with Gasteiger partial charge in [0, 0.05) is 18.9 Å². The van der Waals surface area contributed by atoms with Crippen LogP contribution in [0.4, 0.5) is 5.69 Å². The standard InChI is InChI=1S/C24H28N2O3S/c1-18(2)16-26(24-7-5-6-19(3)20(24)4)30(27,28)23-10-8-22(9-11-23)29-17-21-12-14-25-15-13-21/h5-15,18H,16-17H2,1-4H3. The van der Waals surface area contributed by atoms with Crippen molar-refractivity contribution in [1.29, 1.82) is 0 Å². The Bertz CT molecular complexity index is 1080. The Labute approximate surface area is 179 Å². The van der Waals surface area contributed by atoms with Crippen molar-refractivity contribution in [3.63, 3.8) is 0 Å². The number of nitrogens with zero attached hydrogens (tertiary/aromatic N) is 2. The van der Waals surface area contributed by atoms with Gasteiger partial charge in [-0.1, -0.05) is 26.0 Å². The van der Waals surface area contributed by atoms with E-state index in [1.54, 1.807) is 36.7 Å². The molecule has 0 saturated heterocycles. The number of hydrogen-bond acceptors (Lipinski definition) is 4. The molecule has 5 nitrogen and oxygen atoms in total. The molecule has 0 N–H and O–H groups in total. The molecular weight excluding hydrogens is 396 g/mol. The smallest absolute Gasteiger partial charge is 0.264 e. The third kappa shape index (κ3) is 5.00. The van der Waals surface area contributed by atoms with Crippen LogP contribution in [0.5, 0.6) is 5.75 Å². The Kier molecular flexibility index (Phi) is 6.77. The zero-order chi connectivity index (χ0) is 21.7. The van der Waals surface area contributed by atoms with E-state index in [1.165, 1.54) is 4.31 Å². The van der Waals surface area contributed by atoms with E-state index in [-0.39, 0.29) is 10.8 Å². The van der Waals surface area contributed by atoms with Gasteiger partial charge in [-0.05, 0) is 78.9 Å². The quantitative estimate of drug-likeness (QED) is 0.503. The lowest BCUT2D eigenvalue weighted by atomic mass is 10.1. The predicted octanol–water partition coefficient (Wildman–Crippen LogP) is 5.13. The van der Waals surface area contributed by atoms with Gasteiger partial charge in [-0.15, -0.1) is 0 Å². The Morgan fingerprint density at radius 2 is 1.63 bits per heavy atom. The lowest BCUT2D eigenvalue weighted by Gasteiger charge is -2.28. The predicted molar refractivity (Wildman–Crippen MR) is 120 cm³/mol. The van der Waals surface area contributed by atoms with Crippen LogP contribution in [0.1, 0.15) is 30.5 Å². The third-order valence-electron chi connectivity index (χ3n) is 4.94. The normalized spacial score (nSPS) is 11.5. The molecule has 1 heterocycles. The van der Waals surface area contributed by atoms with Crippen LogP contribution in [-0.4, -0.2) is 19.9 Å². The second-order valence-corrected chi connectivity index (χ2v) is 9.63. The summed E-state index contributed by atoms with van der Waals surface area (Å²) in [6.07, 6.45) is 3.43. The van der Waals surface area contributed by atoms with Crippen molar-refractivity contribution >= 4 is 15.7 Å². The SMILES string of the molecule is Cc1cccc(N(CC(C)C)S(=O)(=O)c2ccc(OCc3ccncc3)cc2)c1C. The van der Waals surface area contributed by atoms with Crippen LogP contribution < -0.4 is 9.04 Å². The van der Waals surface area contributed by atoms with Crippen LogP contribution in [0.3, 0.4) is 0 Å². The molecule has 6 heteroatoms. The lowest BCUT2D eigenvalue weighted by Crippen LogP contribution is -2.35. The fourth-order valence-corrected chi connectivity index (χ4v) is 4.83. The van der Waals surface area contributed by atoms with Gasteiger partial charge in [0.2, 0.25) is 0 Å². The molecular formula is C24H28N2O3S. The lowest BCUT2D eigenvalue weighted by molar-refractivity contribution is 0.306. The zero-order valence-electron chi connectivity index (χ0n) is 17.9. The van der Waals surface area contributed by atoms with Crippen molar-refractivity contribution in [1.82, 2.24) is 4.98 Å². The minimum atomic E-state index is -3.70. The van der Waals surface area contributed by atoms with E-state index in [9.17, 15) is 8.42 Å². The molecule has 1 aromatic heterocycles. The molecule has 0 amide bonds. The van der Waals surface area contributed by atoms with Gasteiger partial charge < -0.3 is 4.74 Å². The van der Waals surface area contributed by atoms with E-state index in [2.05, 4.69) is 4.98 Å². The molecule has 158 valence electrons. The number of benzene rings is 2. The molecule has 3 aromatic rings. The molecule has 0 unspecified atom stereocenters. The summed E-state index contributed by atoms with van der Waals surface area (Å²) in [5, 5.41) is 0. The maximum absolute atomic E-state index is 13.5. The second-order valence-electron chi connectivity index (χ2n) is 7.76. The molecule has 0 radical (unpaired) electrons. The fraction of sp³-hybridized carbons (Fsp3) is 0.292. The number of ether oxygens (including phenoxy) is 1. The van der Waals surface area contributed by atoms with Crippen molar-refractivity contribution in [2.24, 2.45) is 5.92 Å². The van der Waals surface area contributed by atoms with E-state index >= 15 is 0 Å². The molecule has 0 aliphatic heterocycles. The van der Waals surface area contributed by atoms with Gasteiger partial charge >= 0.3 is 0 Å². The van der Waals surface area contributed by atoms with E-state index in [1.807, 2.05) is 58.0 Å². The topological polar surface area (TPSA) is 59.5 Å². The fourth-order valence-electron chi connectivity index (χ4n) is 3.14. The van der Waals surface area contributed by atoms with E-state index < -0.39 is 10.0 Å². The number of aromatic nitrogens is 1. The number of hydrogen-bond donors (Lipinski definition) is 0. The summed E-state index contributed by atoms with van der Waals surface area (Å²) >= 11 is 0. The van der Waals surface area contributed by atoms with Gasteiger partial charge in [0.05, 0.1) is 10.6 Å². The van der Waals surface area contributed by atoms with Gasteiger partial charge in [-0.25, -0.2) is 8.42 Å². The van der Waals surface area contributed by atoms with Crippen molar-refractivity contribution in [3.8, 4) is 5.75 Å². The van der Waals surface area contributed by atoms with E-state index in [0.717, 1.165) is 22.4 Å². The first-order valence-corrected chi connectivity index (χ1v) is 11.4. The van der Waals surface area contributed by atoms with Gasteiger partial charge in [0.15, 0.2) is 0 Å². The van der Waals surface area contributed by atoms with Crippen LogP contribution in [0.2, 0.25) is 0 Å². The molecule has 0 aliphatic rings. The van der Waals surface area contributed by atoms with Crippen LogP contribution in [0, 0.1) is 19.8 Å². The summed E-state index contributed by atoms with van der Waals surface area (Å²) in [6, 6.07) is 16.1. The monoisotopic (exact) mass is 424 g/mol. The van der Waals surface area contributed by atoms with Crippen LogP contribution in [-0.2, 0) is 16.6 Å². The number of anilines is 1. The van der Waals surface area contributed by atoms with Crippen molar-refractivity contribution in [2.75, 3.05) is 10.8 Å². The molecule has 0 aliphatic carbocycles. The van der Waals surface area contributed by atoms with Crippen LogP contribution in [0.15, 0.2) is 71.9 Å². The van der Waals surface area contributed by atoms with Crippen molar-refractivity contribution in [3.05, 3.63) is 83.7 Å². The van der Waals surface area contributed by atoms with Gasteiger partial charge in [-0.3, -0.25) is 9.29 Å². The molecule has 0 fully saturated rings. The summed E-state index contributed by atoms with van der Waals surface area (Å²) in [7, 11) is -3.70. The number of rotatable bonds is 8. The summed E-state index contributed by atoms with van der Waals surface area (Å²) in [4.78, 5) is 4.24. The largest absolute Gasteiger partial charge is 0.489 e. The van der Waals surface area contributed by atoms with Gasteiger partial charge in [0.1, 0.15) is 12.4 Å². The third-order valence-corrected chi connectivity index (χ3v) is 6.74. The van der Waals surface area contributed by atoms with Crippen molar-refractivity contribution < 1.29 is 13.2 Å². The summed E-state index contributed by atoms with van der Waals surface area (Å²) < 4.78 is 34.3. The maximum atomic E-state index is 13.5. The highest BCUT2D eigenvalue weighted by Gasteiger charge is 2.27. The first-order valence-electron chi connectivity index (χ1n) is 9.99. The number of sulfonamides is 1. The highest BCUT2D eigenvalue weighted by Crippen LogP contribution is 2.30. The molecule has 30 heavy (non-hydrogen) atoms. The van der Waals surface area contributed by atoms with Gasteiger partial charge in [-0.2, -0.15) is 0 Å². The first-order chi connectivity index (χ1) is 14.3. The average Bonchev–Trinajstić information content (AvgIpc) is 2.73. The molecule has 0 bridgehead atoms. The molecule has 0 saturated carbocycles. The Balaban J connectivity index is 1.86. The number of aryl methyl sites for hydroxylation is 1. The molecule has 0 spiro atoms. The average molecular weight is 425 g/mol. The van der Waals surface area contributed by atoms with E-state index in [0.29, 0.717) is 18.9 Å². The van der Waals surface area contributed by atoms with Gasteiger partial charge in [0.25, 0.3) is 10.0 Å². The highest BCUT2D eigenvalue weighted by molar-refractivity contribution is 7.92. The molecule has 0 atom stereocenters. The van der Waals surface area contributed by atoms with Crippen molar-refractivity contribution in [2.45, 2.75) is 39.2 Å². The summed E-state index contributed by atoms with van der Waals surface area (Å²) in [6.45, 7) is 8.80. The minimum Gasteiger partial charge on any atom is -0.489 e. The molecule has 3 rings (SSSR count). The second kappa shape index (κ2) is 9.30. The zero-order valence-corrected chi connectivity index (χ0v) is 18.7. The highest BCUT2D eigenvalue weighted by atomic mass is 32.2. The van der Waals surface area contributed by atoms with Crippen LogP contribution >= 0.6 is 0 Å². The minimum absolute atomic E-state index is 0.183. The Hall–Kier alpha value is -2.86. The Morgan fingerprint density at radius 3 is 2.27 bits per heavy atom. The summed E-state index contributed by atoms with van der Waals surface area (Å²) in [5.74, 6) is 0.801. The van der Waals surface area contributed by atoms with E-state index in [4.69, 9.17) is 4.74 Å². The molecule has 2 aromatic carbocycles. The summed E-state index contributed by atoms with van der Waals surface area (Å²) in [5.41, 5.74) is 3.76. The first kappa shape index (κ1) is 21.8. The number of pyridine rings is 1. The van der Waals surface area contributed by atoms with Crippen LogP contribution in [0.25, 0.3) is 0 Å².